The summed E-state index contributed by atoms with van der Waals surface area (Å²) < 4.78 is 6.03. The van der Waals surface area contributed by atoms with Crippen LogP contribution in [0.4, 0.5) is 5.69 Å². The molecule has 0 saturated heterocycles. The van der Waals surface area contributed by atoms with Gasteiger partial charge in [0, 0.05) is 5.69 Å². The van der Waals surface area contributed by atoms with Crippen LogP contribution < -0.4 is 5.32 Å². The molecule has 0 unspecified atom stereocenters. The van der Waals surface area contributed by atoms with E-state index in [-0.39, 0.29) is 5.04 Å². The monoisotopic (exact) mass is 237 g/mol. The quantitative estimate of drug-likeness (QED) is 0.629. The first kappa shape index (κ1) is 13.3. The van der Waals surface area contributed by atoms with Gasteiger partial charge in [0.1, 0.15) is 6.73 Å². The lowest BCUT2D eigenvalue weighted by atomic mass is 10.2. The fraction of sp³-hybridized carbons (Fsp3) is 0.538. The Morgan fingerprint density at radius 2 is 1.69 bits per heavy atom. The maximum atomic E-state index is 6.03. The molecule has 90 valence electrons. The highest BCUT2D eigenvalue weighted by Gasteiger charge is 2.36. The molecule has 1 N–H and O–H groups in total. The highest BCUT2D eigenvalue weighted by molar-refractivity contribution is 6.74. The van der Waals surface area contributed by atoms with Crippen molar-refractivity contribution >= 4 is 14.0 Å². The molecule has 0 fully saturated rings. The van der Waals surface area contributed by atoms with E-state index in [0.717, 1.165) is 5.69 Å². The van der Waals surface area contributed by atoms with Gasteiger partial charge in [-0.15, -0.1) is 0 Å². The van der Waals surface area contributed by atoms with E-state index in [2.05, 4.69) is 51.3 Å². The van der Waals surface area contributed by atoms with Crippen LogP contribution in [0.5, 0.6) is 0 Å². The van der Waals surface area contributed by atoms with E-state index in [9.17, 15) is 0 Å². The van der Waals surface area contributed by atoms with Gasteiger partial charge in [0.05, 0.1) is 0 Å². The van der Waals surface area contributed by atoms with E-state index in [1.165, 1.54) is 0 Å². The predicted octanol–water partition coefficient (Wildman–Crippen LogP) is 4.08. The fourth-order valence-corrected chi connectivity index (χ4v) is 1.94. The van der Waals surface area contributed by atoms with Crippen LogP contribution in [0.2, 0.25) is 18.1 Å². The Morgan fingerprint density at radius 1 is 1.12 bits per heavy atom. The van der Waals surface area contributed by atoms with E-state index in [1.54, 1.807) is 0 Å². The van der Waals surface area contributed by atoms with E-state index in [1.807, 2.05) is 18.2 Å². The number of anilines is 1. The molecule has 0 atom stereocenters. The first-order chi connectivity index (χ1) is 7.33. The van der Waals surface area contributed by atoms with Gasteiger partial charge in [0.2, 0.25) is 0 Å². The van der Waals surface area contributed by atoms with Gasteiger partial charge < -0.3 is 9.74 Å². The molecule has 1 aromatic carbocycles. The number of hydrogen-bond acceptors (Lipinski definition) is 2. The Hall–Kier alpha value is -0.803. The molecule has 0 bridgehead atoms. The minimum Gasteiger partial charge on any atom is -0.400 e. The van der Waals surface area contributed by atoms with Gasteiger partial charge >= 0.3 is 0 Å². The van der Waals surface area contributed by atoms with Gasteiger partial charge in [-0.25, -0.2) is 0 Å². The van der Waals surface area contributed by atoms with E-state index < -0.39 is 8.32 Å². The molecule has 3 heteroatoms. The molecule has 16 heavy (non-hydrogen) atoms. The summed E-state index contributed by atoms with van der Waals surface area (Å²) in [6.45, 7) is 11.9. The molecule has 2 nitrogen and oxygen atoms in total. The Morgan fingerprint density at radius 3 is 2.19 bits per heavy atom. The van der Waals surface area contributed by atoms with Gasteiger partial charge in [-0.2, -0.15) is 0 Å². The van der Waals surface area contributed by atoms with Crippen molar-refractivity contribution in [3.63, 3.8) is 0 Å². The van der Waals surface area contributed by atoms with Crippen molar-refractivity contribution in [2.75, 3.05) is 12.0 Å². The third kappa shape index (κ3) is 3.65. The SMILES string of the molecule is CC(C)(C)[Si](C)(C)OCNc1ccccc1. The van der Waals surface area contributed by atoms with Crippen molar-refractivity contribution in [2.45, 2.75) is 38.9 Å². The molecular weight excluding hydrogens is 214 g/mol. The number of rotatable bonds is 4. The Kier molecular flexibility index (Phi) is 4.16. The molecule has 0 amide bonds. The normalized spacial score (nSPS) is 12.6. The molecule has 0 spiro atoms. The van der Waals surface area contributed by atoms with Crippen LogP contribution in [0.25, 0.3) is 0 Å². The van der Waals surface area contributed by atoms with Gasteiger partial charge in [0.25, 0.3) is 0 Å². The van der Waals surface area contributed by atoms with E-state index in [4.69, 9.17) is 4.43 Å². The Balaban J connectivity index is 2.42. The lowest BCUT2D eigenvalue weighted by Crippen LogP contribution is -2.42. The summed E-state index contributed by atoms with van der Waals surface area (Å²) in [5.74, 6) is 0. The molecule has 1 rings (SSSR count). The second-order valence-corrected chi connectivity index (χ2v) is 10.4. The van der Waals surface area contributed by atoms with Crippen LogP contribution in [0.15, 0.2) is 30.3 Å². The first-order valence-electron chi connectivity index (χ1n) is 5.76. The third-order valence-corrected chi connectivity index (χ3v) is 7.77. The molecule has 0 aliphatic heterocycles. The summed E-state index contributed by atoms with van der Waals surface area (Å²) >= 11 is 0. The van der Waals surface area contributed by atoms with Crippen LogP contribution in [0.3, 0.4) is 0 Å². The number of benzene rings is 1. The van der Waals surface area contributed by atoms with Gasteiger partial charge in [-0.05, 0) is 30.3 Å². The third-order valence-electron chi connectivity index (χ3n) is 3.29. The highest BCUT2D eigenvalue weighted by atomic mass is 28.4. The molecule has 0 saturated carbocycles. The zero-order chi connectivity index (χ0) is 12.2. The first-order valence-corrected chi connectivity index (χ1v) is 8.67. The molecule has 0 radical (unpaired) electrons. The Bertz CT molecular complexity index is 316. The highest BCUT2D eigenvalue weighted by Crippen LogP contribution is 2.36. The predicted molar refractivity (Wildman–Crippen MR) is 73.2 cm³/mol. The molecule has 0 heterocycles. The minimum absolute atomic E-state index is 0.269. The Labute approximate surface area is 100 Å². The van der Waals surface area contributed by atoms with E-state index in [0.29, 0.717) is 6.73 Å². The summed E-state index contributed by atoms with van der Waals surface area (Å²) in [6, 6.07) is 10.2. The summed E-state index contributed by atoms with van der Waals surface area (Å²) in [5.41, 5.74) is 1.11. The lowest BCUT2D eigenvalue weighted by molar-refractivity contribution is 0.314. The summed E-state index contributed by atoms with van der Waals surface area (Å²) in [4.78, 5) is 0. The van der Waals surface area contributed by atoms with Crippen molar-refractivity contribution in [1.82, 2.24) is 0 Å². The minimum atomic E-state index is -1.62. The second kappa shape index (κ2) is 5.02. The van der Waals surface area contributed by atoms with Gasteiger partial charge in [-0.1, -0.05) is 39.0 Å². The van der Waals surface area contributed by atoms with Crippen LogP contribution >= 0.6 is 0 Å². The number of para-hydroxylation sites is 1. The van der Waals surface area contributed by atoms with E-state index >= 15 is 0 Å². The van der Waals surface area contributed by atoms with Crippen molar-refractivity contribution in [1.29, 1.82) is 0 Å². The van der Waals surface area contributed by atoms with Gasteiger partial charge in [-0.3, -0.25) is 0 Å². The van der Waals surface area contributed by atoms with Crippen LogP contribution in [-0.2, 0) is 4.43 Å². The van der Waals surface area contributed by atoms with Crippen molar-refractivity contribution in [2.24, 2.45) is 0 Å². The standard InChI is InChI=1S/C13H23NOSi/c1-13(2,3)16(4,5)15-11-14-12-9-7-6-8-10-12/h6-10,14H,11H2,1-5H3. The second-order valence-electron chi connectivity index (χ2n) is 5.59. The maximum absolute atomic E-state index is 6.03. The summed E-state index contributed by atoms with van der Waals surface area (Å²) in [7, 11) is -1.62. The van der Waals surface area contributed by atoms with Crippen LogP contribution in [0.1, 0.15) is 20.8 Å². The zero-order valence-corrected chi connectivity index (χ0v) is 12.0. The lowest BCUT2D eigenvalue weighted by Gasteiger charge is -2.36. The average molecular weight is 237 g/mol. The average Bonchev–Trinajstić information content (AvgIpc) is 2.17. The molecule has 0 aliphatic carbocycles. The summed E-state index contributed by atoms with van der Waals surface area (Å²) in [6.07, 6.45) is 0. The summed E-state index contributed by atoms with van der Waals surface area (Å²) in [5, 5.41) is 3.55. The zero-order valence-electron chi connectivity index (χ0n) is 11.0. The van der Waals surface area contributed by atoms with Crippen molar-refractivity contribution < 1.29 is 4.43 Å². The van der Waals surface area contributed by atoms with Gasteiger partial charge in [0.15, 0.2) is 8.32 Å². The topological polar surface area (TPSA) is 21.3 Å². The molecular formula is C13H23NOSi. The molecule has 0 aromatic heterocycles. The van der Waals surface area contributed by atoms with Crippen LogP contribution in [-0.4, -0.2) is 15.0 Å². The fourth-order valence-electron chi connectivity index (χ4n) is 1.07. The molecule has 0 aliphatic rings. The number of nitrogens with one attached hydrogen (secondary N) is 1. The van der Waals surface area contributed by atoms with Crippen molar-refractivity contribution in [3.05, 3.63) is 30.3 Å². The largest absolute Gasteiger partial charge is 0.400 e. The van der Waals surface area contributed by atoms with Crippen LogP contribution in [0, 0.1) is 0 Å². The van der Waals surface area contributed by atoms with Crippen molar-refractivity contribution in [3.8, 4) is 0 Å². The smallest absolute Gasteiger partial charge is 0.194 e. The maximum Gasteiger partial charge on any atom is 0.194 e. The number of hydrogen-bond donors (Lipinski definition) is 1. The molecule has 1 aromatic rings.